The van der Waals surface area contributed by atoms with Crippen LogP contribution < -0.4 is 11.1 Å². The van der Waals surface area contributed by atoms with E-state index in [1.165, 1.54) is 0 Å². The van der Waals surface area contributed by atoms with Crippen LogP contribution in [0.3, 0.4) is 0 Å². The molecule has 0 aliphatic carbocycles. The van der Waals surface area contributed by atoms with Crippen molar-refractivity contribution in [3.05, 3.63) is 24.0 Å². The van der Waals surface area contributed by atoms with Gasteiger partial charge >= 0.3 is 0 Å². The van der Waals surface area contributed by atoms with E-state index in [9.17, 15) is 0 Å². The van der Waals surface area contributed by atoms with Crippen LogP contribution in [-0.4, -0.2) is 28.7 Å². The van der Waals surface area contributed by atoms with E-state index in [0.29, 0.717) is 17.1 Å². The molecule has 17 heavy (non-hydrogen) atoms. The summed E-state index contributed by atoms with van der Waals surface area (Å²) in [7, 11) is 0. The minimum atomic E-state index is 0.297. The molecular formula is C12H17N3OS. The van der Waals surface area contributed by atoms with Gasteiger partial charge in [0, 0.05) is 24.4 Å². The van der Waals surface area contributed by atoms with Crippen LogP contribution in [0.4, 0.5) is 5.69 Å². The molecule has 3 N–H and O–H groups in total. The molecule has 0 radical (unpaired) electrons. The second-order valence-electron chi connectivity index (χ2n) is 4.33. The number of anilines is 1. The molecule has 2 atom stereocenters. The van der Waals surface area contributed by atoms with Gasteiger partial charge in [0.15, 0.2) is 0 Å². The van der Waals surface area contributed by atoms with Gasteiger partial charge in [-0.25, -0.2) is 0 Å². The first-order valence-corrected chi connectivity index (χ1v) is 6.19. The van der Waals surface area contributed by atoms with Gasteiger partial charge in [0.05, 0.1) is 18.0 Å². The summed E-state index contributed by atoms with van der Waals surface area (Å²) in [6.07, 6.45) is 5.76. The highest BCUT2D eigenvalue weighted by atomic mass is 32.1. The van der Waals surface area contributed by atoms with Crippen LogP contribution in [0.15, 0.2) is 18.5 Å². The number of nitrogens with one attached hydrogen (secondary N) is 1. The lowest BCUT2D eigenvalue weighted by molar-refractivity contribution is 0.0232. The second kappa shape index (κ2) is 5.42. The van der Waals surface area contributed by atoms with Crippen LogP contribution in [0.2, 0.25) is 0 Å². The SMILES string of the molecule is CC1CC(Nc2cnccc2C(N)=S)CCO1. The van der Waals surface area contributed by atoms with Crippen molar-refractivity contribution >= 4 is 22.9 Å². The molecule has 1 aliphatic heterocycles. The van der Waals surface area contributed by atoms with Crippen molar-refractivity contribution in [3.63, 3.8) is 0 Å². The van der Waals surface area contributed by atoms with Crippen molar-refractivity contribution in [2.75, 3.05) is 11.9 Å². The lowest BCUT2D eigenvalue weighted by Crippen LogP contribution is -2.33. The van der Waals surface area contributed by atoms with Gasteiger partial charge in [0.1, 0.15) is 4.99 Å². The number of hydrogen-bond donors (Lipinski definition) is 2. The summed E-state index contributed by atoms with van der Waals surface area (Å²) in [5.74, 6) is 0. The number of rotatable bonds is 3. The molecule has 1 fully saturated rings. The zero-order valence-corrected chi connectivity index (χ0v) is 10.7. The molecule has 1 saturated heterocycles. The molecule has 1 aliphatic rings. The summed E-state index contributed by atoms with van der Waals surface area (Å²) in [6.45, 7) is 2.88. The van der Waals surface area contributed by atoms with E-state index in [-0.39, 0.29) is 0 Å². The standard InChI is InChI=1S/C12H17N3OS/c1-8-6-9(3-5-16-8)15-11-7-14-4-2-10(11)12(13)17/h2,4,7-9,15H,3,5-6H2,1H3,(H2,13,17). The van der Waals surface area contributed by atoms with Crippen molar-refractivity contribution in [3.8, 4) is 0 Å². The highest BCUT2D eigenvalue weighted by molar-refractivity contribution is 7.80. The number of hydrogen-bond acceptors (Lipinski definition) is 4. The van der Waals surface area contributed by atoms with Crippen LogP contribution in [0, 0.1) is 0 Å². The Morgan fingerprint density at radius 2 is 2.47 bits per heavy atom. The molecule has 1 aromatic rings. The van der Waals surface area contributed by atoms with Crippen molar-refractivity contribution in [2.24, 2.45) is 5.73 Å². The third-order valence-corrected chi connectivity index (χ3v) is 3.15. The van der Waals surface area contributed by atoms with Crippen molar-refractivity contribution in [1.82, 2.24) is 4.98 Å². The Kier molecular flexibility index (Phi) is 3.91. The molecule has 2 unspecified atom stereocenters. The molecule has 5 heteroatoms. The van der Waals surface area contributed by atoms with E-state index in [1.54, 1.807) is 12.4 Å². The largest absolute Gasteiger partial charge is 0.389 e. The van der Waals surface area contributed by atoms with E-state index in [1.807, 2.05) is 6.07 Å². The molecule has 2 heterocycles. The number of thiocarbonyl (C=S) groups is 1. The van der Waals surface area contributed by atoms with Crippen molar-refractivity contribution in [2.45, 2.75) is 31.9 Å². The number of aromatic nitrogens is 1. The molecule has 92 valence electrons. The number of nitrogens with two attached hydrogens (primary N) is 1. The monoisotopic (exact) mass is 251 g/mol. The summed E-state index contributed by atoms with van der Waals surface area (Å²) < 4.78 is 5.52. The first kappa shape index (κ1) is 12.3. The molecule has 1 aromatic heterocycles. The van der Waals surface area contributed by atoms with Crippen LogP contribution in [0.5, 0.6) is 0 Å². The first-order valence-electron chi connectivity index (χ1n) is 5.79. The van der Waals surface area contributed by atoms with E-state index in [2.05, 4.69) is 17.2 Å². The maximum Gasteiger partial charge on any atom is 0.106 e. The Bertz CT molecular complexity index is 410. The van der Waals surface area contributed by atoms with E-state index in [4.69, 9.17) is 22.7 Å². The third kappa shape index (κ3) is 3.14. The third-order valence-electron chi connectivity index (χ3n) is 2.93. The molecule has 0 aromatic carbocycles. The van der Waals surface area contributed by atoms with Crippen LogP contribution >= 0.6 is 12.2 Å². The topological polar surface area (TPSA) is 60.2 Å². The van der Waals surface area contributed by atoms with E-state index < -0.39 is 0 Å². The Morgan fingerprint density at radius 1 is 1.65 bits per heavy atom. The minimum absolute atomic E-state index is 0.297. The zero-order chi connectivity index (χ0) is 12.3. The molecule has 0 amide bonds. The Hall–Kier alpha value is -1.20. The zero-order valence-electron chi connectivity index (χ0n) is 9.85. The fourth-order valence-corrected chi connectivity index (χ4v) is 2.25. The fourth-order valence-electron chi connectivity index (χ4n) is 2.07. The lowest BCUT2D eigenvalue weighted by atomic mass is 10.0. The van der Waals surface area contributed by atoms with Crippen LogP contribution in [0.1, 0.15) is 25.3 Å². The molecule has 2 rings (SSSR count). The maximum absolute atomic E-state index is 5.69. The van der Waals surface area contributed by atoms with Gasteiger partial charge in [-0.1, -0.05) is 12.2 Å². The summed E-state index contributed by atoms with van der Waals surface area (Å²) in [6, 6.07) is 2.24. The average Bonchev–Trinajstić information content (AvgIpc) is 2.29. The first-order chi connectivity index (χ1) is 8.16. The second-order valence-corrected chi connectivity index (χ2v) is 4.77. The highest BCUT2D eigenvalue weighted by Crippen LogP contribution is 2.20. The summed E-state index contributed by atoms with van der Waals surface area (Å²) in [5, 5.41) is 3.45. The van der Waals surface area contributed by atoms with Crippen LogP contribution in [-0.2, 0) is 4.74 Å². The van der Waals surface area contributed by atoms with Crippen molar-refractivity contribution in [1.29, 1.82) is 0 Å². The fraction of sp³-hybridized carbons (Fsp3) is 0.500. The summed E-state index contributed by atoms with van der Waals surface area (Å²) in [5.41, 5.74) is 7.46. The maximum atomic E-state index is 5.69. The average molecular weight is 251 g/mol. The molecule has 0 spiro atoms. The Balaban J connectivity index is 2.10. The quantitative estimate of drug-likeness (QED) is 0.801. The molecule has 0 bridgehead atoms. The van der Waals surface area contributed by atoms with Crippen LogP contribution in [0.25, 0.3) is 0 Å². The van der Waals surface area contributed by atoms with Gasteiger partial charge in [-0.15, -0.1) is 0 Å². The van der Waals surface area contributed by atoms with Gasteiger partial charge < -0.3 is 15.8 Å². The minimum Gasteiger partial charge on any atom is -0.389 e. The number of pyridine rings is 1. The summed E-state index contributed by atoms with van der Waals surface area (Å²) in [4.78, 5) is 4.50. The van der Waals surface area contributed by atoms with E-state index >= 15 is 0 Å². The van der Waals surface area contributed by atoms with Crippen molar-refractivity contribution < 1.29 is 4.74 Å². The Labute approximate surface area is 107 Å². The highest BCUT2D eigenvalue weighted by Gasteiger charge is 2.20. The predicted molar refractivity (Wildman–Crippen MR) is 72.2 cm³/mol. The lowest BCUT2D eigenvalue weighted by Gasteiger charge is -2.29. The molecule has 4 nitrogen and oxygen atoms in total. The predicted octanol–water partition coefficient (Wildman–Crippen LogP) is 1.70. The smallest absolute Gasteiger partial charge is 0.106 e. The van der Waals surface area contributed by atoms with Gasteiger partial charge in [-0.3, -0.25) is 4.98 Å². The van der Waals surface area contributed by atoms with Gasteiger partial charge in [0.2, 0.25) is 0 Å². The van der Waals surface area contributed by atoms with Gasteiger partial charge in [-0.2, -0.15) is 0 Å². The summed E-state index contributed by atoms with van der Waals surface area (Å²) >= 11 is 5.03. The number of ether oxygens (including phenoxy) is 1. The van der Waals surface area contributed by atoms with Gasteiger partial charge in [0.25, 0.3) is 0 Å². The normalized spacial score (nSPS) is 24.3. The van der Waals surface area contributed by atoms with Gasteiger partial charge in [-0.05, 0) is 25.8 Å². The van der Waals surface area contributed by atoms with E-state index in [0.717, 1.165) is 30.7 Å². The molecular weight excluding hydrogens is 234 g/mol. The molecule has 0 saturated carbocycles. The Morgan fingerprint density at radius 3 is 3.18 bits per heavy atom. The number of nitrogens with zero attached hydrogens (tertiary/aromatic N) is 1.